The summed E-state index contributed by atoms with van der Waals surface area (Å²) < 4.78 is 5.68. The summed E-state index contributed by atoms with van der Waals surface area (Å²) in [5.74, 6) is -0.523. The molecule has 5 nitrogen and oxygen atoms in total. The zero-order valence-electron chi connectivity index (χ0n) is 14.8. The lowest BCUT2D eigenvalue weighted by Crippen LogP contribution is -2.33. The topological polar surface area (TPSA) is 75.6 Å². The van der Waals surface area contributed by atoms with Crippen LogP contribution in [0.25, 0.3) is 11.1 Å². The highest BCUT2D eigenvalue weighted by molar-refractivity contribution is 5.96. The van der Waals surface area contributed by atoms with E-state index in [0.717, 1.165) is 16.9 Å². The van der Waals surface area contributed by atoms with Crippen molar-refractivity contribution in [2.24, 2.45) is 5.92 Å². The Morgan fingerprint density at radius 3 is 2.69 bits per heavy atom. The van der Waals surface area contributed by atoms with Crippen molar-refractivity contribution in [1.82, 2.24) is 5.32 Å². The average Bonchev–Trinajstić information content (AvgIpc) is 3.11. The molecule has 2 N–H and O–H groups in total. The van der Waals surface area contributed by atoms with Crippen LogP contribution in [0.5, 0.6) is 5.75 Å². The smallest absolute Gasteiger partial charge is 0.306 e. The second-order valence-corrected chi connectivity index (χ2v) is 6.53. The van der Waals surface area contributed by atoms with Crippen LogP contribution in [-0.2, 0) is 4.79 Å². The number of hydrogen-bond acceptors (Lipinski definition) is 3. The first-order valence-electron chi connectivity index (χ1n) is 8.94. The van der Waals surface area contributed by atoms with Gasteiger partial charge in [0.15, 0.2) is 0 Å². The van der Waals surface area contributed by atoms with Crippen molar-refractivity contribution >= 4 is 11.9 Å². The third-order valence-electron chi connectivity index (χ3n) is 4.74. The Morgan fingerprint density at radius 1 is 1.15 bits per heavy atom. The number of aliphatic carboxylic acids is 1. The highest BCUT2D eigenvalue weighted by Crippen LogP contribution is 2.30. The standard InChI is InChI=1S/C21H23NO4/c1-2-26-19-9-4-3-8-18(19)14-6-5-7-15(12-14)20(23)22-17-11-10-16(13-17)21(24)25/h3-9,12,16-17H,2,10-11,13H2,1H3,(H,22,23)(H,24,25)/t16-,17+/m0/s1. The van der Waals surface area contributed by atoms with Gasteiger partial charge in [-0.25, -0.2) is 0 Å². The van der Waals surface area contributed by atoms with Gasteiger partial charge in [-0.05, 0) is 49.9 Å². The molecule has 0 spiro atoms. The zero-order valence-corrected chi connectivity index (χ0v) is 14.8. The van der Waals surface area contributed by atoms with Gasteiger partial charge < -0.3 is 15.2 Å². The van der Waals surface area contributed by atoms with E-state index in [0.29, 0.717) is 31.4 Å². The van der Waals surface area contributed by atoms with E-state index >= 15 is 0 Å². The van der Waals surface area contributed by atoms with Crippen molar-refractivity contribution in [3.63, 3.8) is 0 Å². The van der Waals surface area contributed by atoms with Crippen LogP contribution in [-0.4, -0.2) is 29.6 Å². The number of rotatable bonds is 6. The van der Waals surface area contributed by atoms with Crippen molar-refractivity contribution in [2.75, 3.05) is 6.61 Å². The number of carboxylic acids is 1. The summed E-state index contributed by atoms with van der Waals surface area (Å²) in [4.78, 5) is 23.6. The maximum Gasteiger partial charge on any atom is 0.306 e. The van der Waals surface area contributed by atoms with Crippen molar-refractivity contribution in [3.05, 3.63) is 54.1 Å². The van der Waals surface area contributed by atoms with Gasteiger partial charge in [-0.15, -0.1) is 0 Å². The van der Waals surface area contributed by atoms with Crippen LogP contribution in [0.1, 0.15) is 36.5 Å². The van der Waals surface area contributed by atoms with Crippen LogP contribution in [0, 0.1) is 5.92 Å². The third-order valence-corrected chi connectivity index (χ3v) is 4.74. The Labute approximate surface area is 153 Å². The lowest BCUT2D eigenvalue weighted by atomic mass is 10.0. The van der Waals surface area contributed by atoms with Gasteiger partial charge in [0.2, 0.25) is 0 Å². The van der Waals surface area contributed by atoms with Crippen LogP contribution in [0.15, 0.2) is 48.5 Å². The fraction of sp³-hybridized carbons (Fsp3) is 0.333. The minimum Gasteiger partial charge on any atom is -0.493 e. The Morgan fingerprint density at radius 2 is 1.96 bits per heavy atom. The summed E-state index contributed by atoms with van der Waals surface area (Å²) in [6, 6.07) is 15.1. The molecule has 5 heteroatoms. The SMILES string of the molecule is CCOc1ccccc1-c1cccc(C(=O)N[C@@H]2CC[C@H](C(=O)O)C2)c1. The number of ether oxygens (including phenoxy) is 1. The molecule has 136 valence electrons. The van der Waals surface area contributed by atoms with Crippen molar-refractivity contribution in [1.29, 1.82) is 0 Å². The molecule has 3 rings (SSSR count). The average molecular weight is 353 g/mol. The van der Waals surface area contributed by atoms with Crippen LogP contribution in [0.4, 0.5) is 0 Å². The minimum atomic E-state index is -0.781. The first kappa shape index (κ1) is 18.0. The molecule has 0 unspecified atom stereocenters. The second kappa shape index (κ2) is 8.04. The van der Waals surface area contributed by atoms with Crippen molar-refractivity contribution in [2.45, 2.75) is 32.2 Å². The quantitative estimate of drug-likeness (QED) is 0.830. The molecule has 0 saturated heterocycles. The van der Waals surface area contributed by atoms with Crippen LogP contribution in [0.2, 0.25) is 0 Å². The maximum atomic E-state index is 12.6. The molecule has 2 aromatic rings. The van der Waals surface area contributed by atoms with E-state index in [1.807, 2.05) is 49.4 Å². The van der Waals surface area contributed by atoms with Gasteiger partial charge in [0.25, 0.3) is 5.91 Å². The Hall–Kier alpha value is -2.82. The minimum absolute atomic E-state index is 0.0806. The molecular weight excluding hydrogens is 330 g/mol. The summed E-state index contributed by atoms with van der Waals surface area (Å²) in [6.07, 6.45) is 1.81. The molecule has 0 radical (unpaired) electrons. The highest BCUT2D eigenvalue weighted by Gasteiger charge is 2.30. The summed E-state index contributed by atoms with van der Waals surface area (Å²) in [7, 11) is 0. The molecule has 2 aromatic carbocycles. The third kappa shape index (κ3) is 4.04. The van der Waals surface area contributed by atoms with Gasteiger partial charge in [0.1, 0.15) is 5.75 Å². The van der Waals surface area contributed by atoms with E-state index in [1.54, 1.807) is 6.07 Å². The van der Waals surface area contributed by atoms with Gasteiger partial charge in [0.05, 0.1) is 12.5 Å². The van der Waals surface area contributed by atoms with Crippen LogP contribution < -0.4 is 10.1 Å². The van der Waals surface area contributed by atoms with Gasteiger partial charge in [0, 0.05) is 17.2 Å². The highest BCUT2D eigenvalue weighted by atomic mass is 16.5. The second-order valence-electron chi connectivity index (χ2n) is 6.53. The fourth-order valence-electron chi connectivity index (χ4n) is 3.42. The lowest BCUT2D eigenvalue weighted by molar-refractivity contribution is -0.141. The van der Waals surface area contributed by atoms with Crippen molar-refractivity contribution in [3.8, 4) is 16.9 Å². The Balaban J connectivity index is 1.75. The molecule has 0 aliphatic heterocycles. The number of nitrogens with one attached hydrogen (secondary N) is 1. The molecule has 1 saturated carbocycles. The maximum absolute atomic E-state index is 12.6. The normalized spacial score (nSPS) is 19.1. The zero-order chi connectivity index (χ0) is 18.5. The Kier molecular flexibility index (Phi) is 5.56. The van der Waals surface area contributed by atoms with E-state index in [-0.39, 0.29) is 17.9 Å². The number of amides is 1. The van der Waals surface area contributed by atoms with E-state index in [1.165, 1.54) is 0 Å². The molecule has 0 heterocycles. The molecule has 2 atom stereocenters. The number of carboxylic acid groups (broad SMARTS) is 1. The molecule has 0 aromatic heterocycles. The first-order chi connectivity index (χ1) is 12.6. The molecule has 1 aliphatic carbocycles. The molecule has 26 heavy (non-hydrogen) atoms. The number of hydrogen-bond donors (Lipinski definition) is 2. The Bertz CT molecular complexity index is 802. The number of carbonyl (C=O) groups excluding carboxylic acids is 1. The van der Waals surface area contributed by atoms with Crippen LogP contribution in [0.3, 0.4) is 0 Å². The number of carbonyl (C=O) groups is 2. The molecule has 0 bridgehead atoms. The molecule has 1 amide bonds. The van der Waals surface area contributed by atoms with E-state index in [9.17, 15) is 9.59 Å². The summed E-state index contributed by atoms with van der Waals surface area (Å²) in [5.41, 5.74) is 2.42. The molecule has 1 fully saturated rings. The van der Waals surface area contributed by atoms with Gasteiger partial charge in [-0.1, -0.05) is 30.3 Å². The lowest BCUT2D eigenvalue weighted by Gasteiger charge is -2.14. The van der Waals surface area contributed by atoms with Crippen molar-refractivity contribution < 1.29 is 19.4 Å². The van der Waals surface area contributed by atoms with E-state index in [2.05, 4.69) is 5.32 Å². The van der Waals surface area contributed by atoms with E-state index < -0.39 is 5.97 Å². The molecule has 1 aliphatic rings. The predicted octanol–water partition coefficient (Wildman–Crippen LogP) is 3.74. The van der Waals surface area contributed by atoms with Gasteiger partial charge in [-0.2, -0.15) is 0 Å². The van der Waals surface area contributed by atoms with Gasteiger partial charge in [-0.3, -0.25) is 9.59 Å². The number of benzene rings is 2. The summed E-state index contributed by atoms with van der Waals surface area (Å²) >= 11 is 0. The monoisotopic (exact) mass is 353 g/mol. The summed E-state index contributed by atoms with van der Waals surface area (Å²) in [6.45, 7) is 2.51. The number of para-hydroxylation sites is 1. The van der Waals surface area contributed by atoms with E-state index in [4.69, 9.17) is 9.84 Å². The predicted molar refractivity (Wildman–Crippen MR) is 99.3 cm³/mol. The largest absolute Gasteiger partial charge is 0.493 e. The van der Waals surface area contributed by atoms with Gasteiger partial charge >= 0.3 is 5.97 Å². The summed E-state index contributed by atoms with van der Waals surface area (Å²) in [5, 5.41) is 12.1. The first-order valence-corrected chi connectivity index (χ1v) is 8.94. The fourth-order valence-corrected chi connectivity index (χ4v) is 3.42. The van der Waals surface area contributed by atoms with Crippen LogP contribution >= 0.6 is 0 Å². The molecular formula is C21H23NO4.